The van der Waals surface area contributed by atoms with Gasteiger partial charge in [-0.1, -0.05) is 169 Å². The lowest BCUT2D eigenvalue weighted by molar-refractivity contribution is 0.436. The van der Waals surface area contributed by atoms with Crippen LogP contribution in [0.4, 0.5) is 17.1 Å². The van der Waals surface area contributed by atoms with E-state index in [-0.39, 0.29) is 0 Å². The number of nitrogens with zero attached hydrogens (tertiary/aromatic N) is 1. The summed E-state index contributed by atoms with van der Waals surface area (Å²) in [7, 11) is 0. The molecule has 2 aliphatic carbocycles. The van der Waals surface area contributed by atoms with Gasteiger partial charge in [-0.25, -0.2) is 0 Å². The zero-order chi connectivity index (χ0) is 43.1. The van der Waals surface area contributed by atoms with Crippen molar-refractivity contribution in [2.24, 2.45) is 0 Å². The van der Waals surface area contributed by atoms with Crippen molar-refractivity contribution in [1.29, 1.82) is 0 Å². The molecule has 0 bridgehead atoms. The topological polar surface area (TPSA) is 12.5 Å². The summed E-state index contributed by atoms with van der Waals surface area (Å²) < 4.78 is 9.30. The van der Waals surface area contributed by atoms with E-state index in [1.54, 1.807) is 0 Å². The van der Waals surface area contributed by atoms with Gasteiger partial charge in [0.05, 0.1) is 16.5 Å². The molecular weight excluding hydrogens is 839 g/mol. The van der Waals surface area contributed by atoms with Gasteiger partial charge >= 0.3 is 0 Å². The number of thiophene rings is 1. The van der Waals surface area contributed by atoms with Crippen LogP contribution in [0.5, 0.6) is 11.5 Å². The molecule has 4 heteroatoms. The number of para-hydroxylation sites is 2. The van der Waals surface area contributed by atoms with Crippen molar-refractivity contribution in [3.05, 3.63) is 269 Å². The first-order chi connectivity index (χ1) is 32.7. The molecule has 66 heavy (non-hydrogen) atoms. The van der Waals surface area contributed by atoms with Gasteiger partial charge in [0.15, 0.2) is 0 Å². The van der Waals surface area contributed by atoms with Gasteiger partial charge in [0.25, 0.3) is 0 Å². The molecule has 2 spiro atoms. The Morgan fingerprint density at radius 1 is 0.348 bits per heavy atom. The fourth-order valence-electron chi connectivity index (χ4n) is 12.3. The van der Waals surface area contributed by atoms with Crippen molar-refractivity contribution in [2.45, 2.75) is 20.6 Å². The van der Waals surface area contributed by atoms with Crippen LogP contribution >= 0.6 is 23.1 Å². The molecule has 15 rings (SSSR count). The molecule has 0 saturated heterocycles. The Hall–Kier alpha value is -7.63. The van der Waals surface area contributed by atoms with Crippen LogP contribution in [0.25, 0.3) is 42.4 Å². The molecule has 0 saturated carbocycles. The van der Waals surface area contributed by atoms with Crippen molar-refractivity contribution in [2.75, 3.05) is 4.90 Å². The smallest absolute Gasteiger partial charge is 0.132 e. The molecule has 10 aromatic carbocycles. The standard InChI is InChI=1S/C62H37NOS2/c1-4-19-45-40(16-1)42-34-32-39(37-52(42)62(45)48-21-6-10-26-54(48)64-55-27-11-7-22-49(55)62)63(53-25-15-31-59-60(53)43-18-3-12-28-56(43)65-59)38-33-35-47-44(36-38)41-17-2-5-20-46(41)61(47)50-23-8-13-29-57(50)66-58-30-14-9-24-51(58)61/h1-37H. The highest BCUT2D eigenvalue weighted by atomic mass is 32.2. The van der Waals surface area contributed by atoms with Crippen molar-refractivity contribution in [3.8, 4) is 33.8 Å². The third-order valence-corrected chi connectivity index (χ3v) is 17.1. The SMILES string of the molecule is c1ccc2c(c1)Oc1ccccc1C21c2ccccc2-c2ccc(N(c3ccc4c(c3)-c3ccccc3C43c4ccccc4Sc4ccccc43)c3cccc4sc5ccccc5c34)cc21. The van der Waals surface area contributed by atoms with Gasteiger partial charge in [0.1, 0.15) is 11.5 Å². The quantitative estimate of drug-likeness (QED) is 0.175. The molecule has 0 amide bonds. The zero-order valence-corrected chi connectivity index (χ0v) is 37.2. The van der Waals surface area contributed by atoms with E-state index in [4.69, 9.17) is 4.74 Å². The maximum atomic E-state index is 6.74. The molecule has 0 atom stereocenters. The highest BCUT2D eigenvalue weighted by Crippen LogP contribution is 2.65. The third-order valence-electron chi connectivity index (χ3n) is 14.8. The maximum Gasteiger partial charge on any atom is 0.132 e. The average Bonchev–Trinajstić information content (AvgIpc) is 4.00. The van der Waals surface area contributed by atoms with Gasteiger partial charge in [-0.05, 0) is 122 Å². The summed E-state index contributed by atoms with van der Waals surface area (Å²) in [6, 6.07) is 83.8. The Balaban J connectivity index is 1.03. The van der Waals surface area contributed by atoms with Crippen LogP contribution < -0.4 is 9.64 Å². The highest BCUT2D eigenvalue weighted by Gasteiger charge is 2.52. The van der Waals surface area contributed by atoms with Crippen LogP contribution in [0, 0.1) is 0 Å². The maximum absolute atomic E-state index is 6.74. The summed E-state index contributed by atoms with van der Waals surface area (Å²) in [4.78, 5) is 5.16. The van der Waals surface area contributed by atoms with Crippen LogP contribution in [0.15, 0.2) is 234 Å². The first kappa shape index (κ1) is 36.7. The van der Waals surface area contributed by atoms with Gasteiger partial charge in [-0.3, -0.25) is 0 Å². The van der Waals surface area contributed by atoms with Gasteiger partial charge in [0.2, 0.25) is 0 Å². The lowest BCUT2D eigenvalue weighted by Gasteiger charge is -2.40. The molecule has 308 valence electrons. The Kier molecular flexibility index (Phi) is 7.48. The largest absolute Gasteiger partial charge is 0.457 e. The second kappa shape index (κ2) is 13.5. The van der Waals surface area contributed by atoms with Crippen LogP contribution in [-0.2, 0) is 10.8 Å². The van der Waals surface area contributed by atoms with E-state index >= 15 is 0 Å². The van der Waals surface area contributed by atoms with Crippen LogP contribution in [0.3, 0.4) is 0 Å². The first-order valence-electron chi connectivity index (χ1n) is 22.7. The lowest BCUT2D eigenvalue weighted by Crippen LogP contribution is -2.32. The van der Waals surface area contributed by atoms with Crippen LogP contribution in [0.1, 0.15) is 44.5 Å². The summed E-state index contributed by atoms with van der Waals surface area (Å²) in [5.74, 6) is 1.79. The Bertz CT molecular complexity index is 3790. The average molecular weight is 876 g/mol. The summed E-state index contributed by atoms with van der Waals surface area (Å²) in [6.45, 7) is 0. The van der Waals surface area contributed by atoms with Crippen molar-refractivity contribution < 1.29 is 4.74 Å². The first-order valence-corrected chi connectivity index (χ1v) is 24.3. The molecule has 2 nitrogen and oxygen atoms in total. The van der Waals surface area contributed by atoms with Crippen molar-refractivity contribution >= 4 is 60.3 Å². The van der Waals surface area contributed by atoms with E-state index in [9.17, 15) is 0 Å². The van der Waals surface area contributed by atoms with Crippen LogP contribution in [-0.4, -0.2) is 0 Å². The molecule has 11 aromatic rings. The Labute approximate surface area is 391 Å². The fraction of sp³-hybridized carbons (Fsp3) is 0.0323. The Morgan fingerprint density at radius 2 is 0.848 bits per heavy atom. The predicted octanol–water partition coefficient (Wildman–Crippen LogP) is 16.8. The summed E-state index contributed by atoms with van der Waals surface area (Å²) >= 11 is 3.76. The molecule has 2 aliphatic heterocycles. The van der Waals surface area contributed by atoms with E-state index in [0.717, 1.165) is 39.7 Å². The minimum absolute atomic E-state index is 0.452. The molecule has 1 aromatic heterocycles. The highest BCUT2D eigenvalue weighted by molar-refractivity contribution is 7.99. The zero-order valence-electron chi connectivity index (χ0n) is 35.5. The minimum atomic E-state index is -0.594. The van der Waals surface area contributed by atoms with Gasteiger partial charge in [-0.15, -0.1) is 11.3 Å². The Morgan fingerprint density at radius 3 is 1.56 bits per heavy atom. The lowest BCUT2D eigenvalue weighted by atomic mass is 9.66. The van der Waals surface area contributed by atoms with E-state index in [2.05, 4.69) is 229 Å². The van der Waals surface area contributed by atoms with Crippen LogP contribution in [0.2, 0.25) is 0 Å². The number of hydrogen-bond acceptors (Lipinski definition) is 4. The summed E-state index contributed by atoms with van der Waals surface area (Å²) in [5, 5.41) is 2.54. The molecule has 0 unspecified atom stereocenters. The van der Waals surface area contributed by atoms with E-state index in [1.807, 2.05) is 23.1 Å². The number of hydrogen-bond donors (Lipinski definition) is 0. The minimum Gasteiger partial charge on any atom is -0.457 e. The second-order valence-corrected chi connectivity index (χ2v) is 20.0. The molecule has 4 aliphatic rings. The summed E-state index contributed by atoms with van der Waals surface area (Å²) in [6.07, 6.45) is 0. The van der Waals surface area contributed by atoms with Gasteiger partial charge in [-0.2, -0.15) is 0 Å². The molecular formula is C62H37NOS2. The van der Waals surface area contributed by atoms with E-state index in [0.29, 0.717) is 0 Å². The number of benzene rings is 10. The molecule has 0 N–H and O–H groups in total. The fourth-order valence-corrected chi connectivity index (χ4v) is 14.7. The van der Waals surface area contributed by atoms with Crippen molar-refractivity contribution in [1.82, 2.24) is 0 Å². The van der Waals surface area contributed by atoms with E-state index < -0.39 is 10.8 Å². The summed E-state index contributed by atoms with van der Waals surface area (Å²) in [5.41, 5.74) is 17.6. The number of fused-ring (bicyclic) bond motifs is 21. The normalized spacial score (nSPS) is 14.7. The third kappa shape index (κ3) is 4.62. The molecule has 3 heterocycles. The predicted molar refractivity (Wildman–Crippen MR) is 273 cm³/mol. The number of rotatable bonds is 3. The van der Waals surface area contributed by atoms with Gasteiger partial charge in [0, 0.05) is 52.5 Å². The molecule has 0 radical (unpaired) electrons. The van der Waals surface area contributed by atoms with Crippen molar-refractivity contribution in [3.63, 3.8) is 0 Å². The molecule has 0 fully saturated rings. The number of ether oxygens (including phenoxy) is 1. The van der Waals surface area contributed by atoms with Gasteiger partial charge < -0.3 is 9.64 Å². The monoisotopic (exact) mass is 875 g/mol. The second-order valence-electron chi connectivity index (χ2n) is 17.8. The number of anilines is 3. The van der Waals surface area contributed by atoms with E-state index in [1.165, 1.54) is 85.6 Å².